The highest BCUT2D eigenvalue weighted by molar-refractivity contribution is 14.0. The van der Waals surface area contributed by atoms with Crippen molar-refractivity contribution in [2.45, 2.75) is 24.6 Å². The second-order valence-corrected chi connectivity index (χ2v) is 6.27. The molecule has 2 rings (SSSR count). The summed E-state index contributed by atoms with van der Waals surface area (Å²) >= 11 is 1.98. The normalized spacial score (nSPS) is 17.5. The number of thioether (sulfide) groups is 1. The van der Waals surface area contributed by atoms with E-state index < -0.39 is 0 Å². The lowest BCUT2D eigenvalue weighted by atomic mass is 10.1. The van der Waals surface area contributed by atoms with Crippen LogP contribution in [0.15, 0.2) is 23.2 Å². The van der Waals surface area contributed by atoms with Crippen molar-refractivity contribution < 1.29 is 4.39 Å². The highest BCUT2D eigenvalue weighted by atomic mass is 127. The number of nitrogens with one attached hydrogen (secondary N) is 2. The fraction of sp³-hybridized carbons (Fsp3) is 0.467. The second-order valence-electron chi connectivity index (χ2n) is 4.86. The molecule has 7 heteroatoms. The minimum Gasteiger partial charge on any atom is -0.355 e. The molecule has 1 aromatic rings. The average molecular weight is 434 g/mol. The molecule has 0 aliphatic carbocycles. The van der Waals surface area contributed by atoms with Crippen LogP contribution in [-0.2, 0) is 6.54 Å². The number of aliphatic imine (C=N–C) groups is 1. The van der Waals surface area contributed by atoms with E-state index in [1.54, 1.807) is 13.1 Å². The maximum Gasteiger partial charge on any atom is 0.191 e. The van der Waals surface area contributed by atoms with Crippen molar-refractivity contribution >= 4 is 41.7 Å². The smallest absolute Gasteiger partial charge is 0.191 e. The third-order valence-electron chi connectivity index (χ3n) is 3.37. The molecule has 0 aromatic heterocycles. The van der Waals surface area contributed by atoms with Crippen molar-refractivity contribution in [2.75, 3.05) is 19.3 Å². The number of nitrogens with zero attached hydrogens (tertiary/aromatic N) is 2. The Morgan fingerprint density at radius 3 is 2.95 bits per heavy atom. The zero-order valence-electron chi connectivity index (χ0n) is 12.4. The van der Waals surface area contributed by atoms with Crippen molar-refractivity contribution in [3.8, 4) is 6.07 Å². The third-order valence-corrected chi connectivity index (χ3v) is 4.76. The van der Waals surface area contributed by atoms with Gasteiger partial charge in [0.25, 0.3) is 0 Å². The summed E-state index contributed by atoms with van der Waals surface area (Å²) in [7, 11) is 1.69. The van der Waals surface area contributed by atoms with Gasteiger partial charge in [-0.3, -0.25) is 4.99 Å². The average Bonchev–Trinajstić information content (AvgIpc) is 3.02. The zero-order valence-corrected chi connectivity index (χ0v) is 15.6. The van der Waals surface area contributed by atoms with Gasteiger partial charge in [0.1, 0.15) is 5.82 Å². The Hall–Kier alpha value is -1.01. The first kappa shape index (κ1) is 19.0. The number of nitriles is 1. The molecular weight excluding hydrogens is 414 g/mol. The van der Waals surface area contributed by atoms with E-state index in [-0.39, 0.29) is 29.8 Å². The van der Waals surface area contributed by atoms with Crippen molar-refractivity contribution in [1.82, 2.24) is 10.6 Å². The first-order valence-corrected chi connectivity index (χ1v) is 8.02. The molecular formula is C15H20FIN4S. The van der Waals surface area contributed by atoms with Crippen LogP contribution in [0, 0.1) is 17.1 Å². The lowest BCUT2D eigenvalue weighted by Gasteiger charge is -2.15. The van der Waals surface area contributed by atoms with E-state index in [1.807, 2.05) is 17.8 Å². The van der Waals surface area contributed by atoms with Gasteiger partial charge in [-0.2, -0.15) is 17.0 Å². The number of hydrogen-bond donors (Lipinski definition) is 2. The number of guanidine groups is 1. The molecule has 22 heavy (non-hydrogen) atoms. The van der Waals surface area contributed by atoms with Gasteiger partial charge >= 0.3 is 0 Å². The summed E-state index contributed by atoms with van der Waals surface area (Å²) in [6.07, 6.45) is 2.50. The van der Waals surface area contributed by atoms with Gasteiger partial charge in [0.15, 0.2) is 5.96 Å². The van der Waals surface area contributed by atoms with Crippen molar-refractivity contribution in [2.24, 2.45) is 4.99 Å². The van der Waals surface area contributed by atoms with Gasteiger partial charge in [-0.15, -0.1) is 24.0 Å². The van der Waals surface area contributed by atoms with Crippen LogP contribution in [0.4, 0.5) is 4.39 Å². The summed E-state index contributed by atoms with van der Waals surface area (Å²) in [5.74, 6) is 1.57. The molecule has 0 amide bonds. The predicted molar refractivity (Wildman–Crippen MR) is 100 cm³/mol. The van der Waals surface area contributed by atoms with E-state index in [0.29, 0.717) is 28.9 Å². The summed E-state index contributed by atoms with van der Waals surface area (Å²) in [5.41, 5.74) is 0.922. The molecule has 1 atom stereocenters. The van der Waals surface area contributed by atoms with Crippen LogP contribution in [-0.4, -0.2) is 30.6 Å². The van der Waals surface area contributed by atoms with Gasteiger partial charge in [-0.05, 0) is 36.8 Å². The van der Waals surface area contributed by atoms with Gasteiger partial charge in [0, 0.05) is 31.0 Å². The van der Waals surface area contributed by atoms with Crippen LogP contribution in [0.3, 0.4) is 0 Å². The summed E-state index contributed by atoms with van der Waals surface area (Å²) in [6.45, 7) is 1.17. The van der Waals surface area contributed by atoms with Gasteiger partial charge in [0.05, 0.1) is 11.6 Å². The van der Waals surface area contributed by atoms with Gasteiger partial charge in [0.2, 0.25) is 0 Å². The molecule has 2 N–H and O–H groups in total. The van der Waals surface area contributed by atoms with E-state index in [2.05, 4.69) is 15.6 Å². The molecule has 1 heterocycles. The van der Waals surface area contributed by atoms with Gasteiger partial charge in [-0.1, -0.05) is 0 Å². The molecule has 0 saturated carbocycles. The Morgan fingerprint density at radius 2 is 2.32 bits per heavy atom. The maximum absolute atomic E-state index is 13.7. The Labute approximate surface area is 152 Å². The summed E-state index contributed by atoms with van der Waals surface area (Å²) in [4.78, 5) is 4.13. The molecule has 0 spiro atoms. The van der Waals surface area contributed by atoms with Crippen molar-refractivity contribution in [3.63, 3.8) is 0 Å². The van der Waals surface area contributed by atoms with E-state index in [4.69, 9.17) is 5.26 Å². The molecule has 1 fully saturated rings. The first-order valence-electron chi connectivity index (χ1n) is 6.97. The third kappa shape index (κ3) is 5.65. The number of rotatable bonds is 4. The van der Waals surface area contributed by atoms with Crippen LogP contribution in [0.5, 0.6) is 0 Å². The highest BCUT2D eigenvalue weighted by Crippen LogP contribution is 2.25. The molecule has 1 aliphatic rings. The minimum atomic E-state index is -0.316. The SMILES string of the molecule is CN=C(NCc1cc(C#N)ccc1F)NCC1CCCS1.I. The van der Waals surface area contributed by atoms with E-state index >= 15 is 0 Å². The second kappa shape index (κ2) is 9.90. The largest absolute Gasteiger partial charge is 0.355 e. The first-order chi connectivity index (χ1) is 10.2. The highest BCUT2D eigenvalue weighted by Gasteiger charge is 2.15. The fourth-order valence-electron chi connectivity index (χ4n) is 2.20. The molecule has 1 unspecified atom stereocenters. The minimum absolute atomic E-state index is 0. The van der Waals surface area contributed by atoms with Gasteiger partial charge in [-0.25, -0.2) is 4.39 Å². The van der Waals surface area contributed by atoms with Crippen LogP contribution < -0.4 is 10.6 Å². The standard InChI is InChI=1S/C15H19FN4S.HI/c1-18-15(20-10-13-3-2-6-21-13)19-9-12-7-11(8-17)4-5-14(12)16;/h4-5,7,13H,2-3,6,9-10H2,1H3,(H2,18,19,20);1H. The molecule has 120 valence electrons. The summed E-state index contributed by atoms with van der Waals surface area (Å²) in [5, 5.41) is 15.8. The number of hydrogen-bond acceptors (Lipinski definition) is 3. The molecule has 0 bridgehead atoms. The van der Waals surface area contributed by atoms with Crippen LogP contribution in [0.25, 0.3) is 0 Å². The molecule has 4 nitrogen and oxygen atoms in total. The van der Waals surface area contributed by atoms with E-state index in [1.165, 1.54) is 30.7 Å². The summed E-state index contributed by atoms with van der Waals surface area (Å²) in [6, 6.07) is 6.37. The Bertz CT molecular complexity index is 553. The lowest BCUT2D eigenvalue weighted by Crippen LogP contribution is -2.39. The molecule has 1 saturated heterocycles. The molecule has 0 radical (unpaired) electrons. The zero-order chi connectivity index (χ0) is 15.1. The van der Waals surface area contributed by atoms with Crippen molar-refractivity contribution in [3.05, 3.63) is 35.1 Å². The quantitative estimate of drug-likeness (QED) is 0.435. The monoisotopic (exact) mass is 434 g/mol. The predicted octanol–water partition coefficient (Wildman–Crippen LogP) is 2.88. The van der Waals surface area contributed by atoms with Gasteiger partial charge < -0.3 is 10.6 Å². The lowest BCUT2D eigenvalue weighted by molar-refractivity contribution is 0.604. The fourth-order valence-corrected chi connectivity index (χ4v) is 3.40. The number of benzene rings is 1. The molecule has 1 aliphatic heterocycles. The van der Waals surface area contributed by atoms with Crippen LogP contribution in [0.2, 0.25) is 0 Å². The molecule has 1 aromatic carbocycles. The van der Waals surface area contributed by atoms with E-state index in [0.717, 1.165) is 6.54 Å². The Balaban J connectivity index is 0.00000242. The maximum atomic E-state index is 13.7. The topological polar surface area (TPSA) is 60.2 Å². The number of halogens is 2. The Kier molecular flexibility index (Phi) is 8.56. The van der Waals surface area contributed by atoms with Crippen LogP contribution in [0.1, 0.15) is 24.0 Å². The van der Waals surface area contributed by atoms with Crippen molar-refractivity contribution in [1.29, 1.82) is 5.26 Å². The Morgan fingerprint density at radius 1 is 1.50 bits per heavy atom. The summed E-state index contributed by atoms with van der Waals surface area (Å²) < 4.78 is 13.7. The van der Waals surface area contributed by atoms with Crippen LogP contribution >= 0.6 is 35.7 Å². The van der Waals surface area contributed by atoms with E-state index in [9.17, 15) is 4.39 Å².